The second-order valence-corrected chi connectivity index (χ2v) is 8.88. The largest absolute Gasteiger partial charge is 0.466 e. The van der Waals surface area contributed by atoms with Crippen molar-refractivity contribution in [3.63, 3.8) is 0 Å². The van der Waals surface area contributed by atoms with E-state index in [1.807, 2.05) is 19.2 Å². The van der Waals surface area contributed by atoms with Gasteiger partial charge in [0.25, 0.3) is 0 Å². The molecular formula is C25H30N4O3. The van der Waals surface area contributed by atoms with E-state index in [0.717, 1.165) is 67.0 Å². The van der Waals surface area contributed by atoms with Crippen LogP contribution >= 0.6 is 0 Å². The molecule has 2 aromatic heterocycles. The highest BCUT2D eigenvalue weighted by atomic mass is 16.5. The number of rotatable bonds is 6. The van der Waals surface area contributed by atoms with Crippen LogP contribution in [0.15, 0.2) is 36.5 Å². The highest BCUT2D eigenvalue weighted by molar-refractivity contribution is 5.80. The van der Waals surface area contributed by atoms with Crippen molar-refractivity contribution in [3.05, 3.63) is 42.1 Å². The van der Waals surface area contributed by atoms with E-state index in [-0.39, 0.29) is 24.1 Å². The number of carbonyl (C=O) groups is 1. The Bertz CT molecular complexity index is 1080. The summed E-state index contributed by atoms with van der Waals surface area (Å²) in [7, 11) is 0. The lowest BCUT2D eigenvalue weighted by Gasteiger charge is -2.39. The van der Waals surface area contributed by atoms with Crippen molar-refractivity contribution < 1.29 is 14.3 Å². The van der Waals surface area contributed by atoms with Crippen LogP contribution in [0.2, 0.25) is 0 Å². The minimum absolute atomic E-state index is 0.0264. The second-order valence-electron chi connectivity index (χ2n) is 8.88. The molecule has 2 fully saturated rings. The Morgan fingerprint density at radius 3 is 2.69 bits per heavy atom. The lowest BCUT2D eigenvalue weighted by atomic mass is 9.82. The minimum Gasteiger partial charge on any atom is -0.466 e. The van der Waals surface area contributed by atoms with E-state index in [0.29, 0.717) is 6.61 Å². The van der Waals surface area contributed by atoms with Crippen LogP contribution in [0.3, 0.4) is 0 Å². The Labute approximate surface area is 188 Å². The number of anilines is 1. The number of nitrogens with zero attached hydrogens (tertiary/aromatic N) is 3. The first kappa shape index (κ1) is 20.9. The van der Waals surface area contributed by atoms with Crippen LogP contribution in [-0.4, -0.2) is 52.8 Å². The average molecular weight is 435 g/mol. The Kier molecular flexibility index (Phi) is 5.83. The summed E-state index contributed by atoms with van der Waals surface area (Å²) in [5.41, 5.74) is 4.22. The standard InChI is InChI=1S/C25H30N4O3/c1-3-31-25(30)18-13-20(14-18)32-19-8-10-29(11-9-19)23-7-5-17(15-26-23)24-27-21-6-4-16(2)12-22(21)28-24/h4-7,12,15,18-20H,3,8-11,13-14H2,1-2H3,(H,27,28)/t18-,20-. The first-order valence-electron chi connectivity index (χ1n) is 11.6. The van der Waals surface area contributed by atoms with E-state index >= 15 is 0 Å². The van der Waals surface area contributed by atoms with Crippen molar-refractivity contribution in [3.8, 4) is 11.4 Å². The third kappa shape index (κ3) is 4.35. The van der Waals surface area contributed by atoms with Gasteiger partial charge in [-0.05, 0) is 69.4 Å². The number of aromatic amines is 1. The topological polar surface area (TPSA) is 80.3 Å². The number of imidazole rings is 1. The third-order valence-electron chi connectivity index (χ3n) is 6.52. The molecule has 3 aromatic rings. The highest BCUT2D eigenvalue weighted by Crippen LogP contribution is 2.34. The van der Waals surface area contributed by atoms with Crippen LogP contribution in [0.4, 0.5) is 5.82 Å². The van der Waals surface area contributed by atoms with E-state index in [2.05, 4.69) is 46.1 Å². The molecule has 7 nitrogen and oxygen atoms in total. The van der Waals surface area contributed by atoms with Gasteiger partial charge in [-0.2, -0.15) is 0 Å². The molecule has 168 valence electrons. The predicted molar refractivity (Wildman–Crippen MR) is 124 cm³/mol. The number of carbonyl (C=O) groups excluding carboxylic acids is 1. The van der Waals surface area contributed by atoms with E-state index < -0.39 is 0 Å². The molecule has 3 heterocycles. The number of nitrogens with one attached hydrogen (secondary N) is 1. The average Bonchev–Trinajstić information content (AvgIpc) is 3.20. The number of aromatic nitrogens is 3. The van der Waals surface area contributed by atoms with Crippen molar-refractivity contribution in [2.45, 2.75) is 51.7 Å². The summed E-state index contributed by atoms with van der Waals surface area (Å²) < 4.78 is 11.3. The molecule has 0 spiro atoms. The smallest absolute Gasteiger partial charge is 0.309 e. The Morgan fingerprint density at radius 2 is 1.97 bits per heavy atom. The van der Waals surface area contributed by atoms with Gasteiger partial charge < -0.3 is 19.4 Å². The van der Waals surface area contributed by atoms with Crippen LogP contribution in [0.5, 0.6) is 0 Å². The van der Waals surface area contributed by atoms with Gasteiger partial charge in [0.1, 0.15) is 11.6 Å². The number of H-pyrrole nitrogens is 1. The molecule has 0 unspecified atom stereocenters. The summed E-state index contributed by atoms with van der Waals surface area (Å²) in [5, 5.41) is 0. The number of aryl methyl sites for hydroxylation is 1. The predicted octanol–water partition coefficient (Wildman–Crippen LogP) is 4.26. The molecule has 0 radical (unpaired) electrons. The van der Waals surface area contributed by atoms with Crippen molar-refractivity contribution in [2.75, 3.05) is 24.6 Å². The van der Waals surface area contributed by atoms with Gasteiger partial charge >= 0.3 is 5.97 Å². The second kappa shape index (κ2) is 8.90. The number of piperidine rings is 1. The van der Waals surface area contributed by atoms with Crippen LogP contribution in [0, 0.1) is 12.8 Å². The maximum atomic E-state index is 11.7. The maximum Gasteiger partial charge on any atom is 0.309 e. The first-order chi connectivity index (χ1) is 15.6. The lowest BCUT2D eigenvalue weighted by molar-refractivity contribution is -0.160. The summed E-state index contributed by atoms with van der Waals surface area (Å²) in [4.78, 5) is 26.8. The van der Waals surface area contributed by atoms with Crippen molar-refractivity contribution in [1.82, 2.24) is 15.0 Å². The van der Waals surface area contributed by atoms with E-state index in [1.165, 1.54) is 5.56 Å². The zero-order valence-electron chi connectivity index (χ0n) is 18.7. The minimum atomic E-state index is -0.0746. The molecule has 0 amide bonds. The quantitative estimate of drug-likeness (QED) is 0.584. The van der Waals surface area contributed by atoms with Gasteiger partial charge in [-0.25, -0.2) is 9.97 Å². The highest BCUT2D eigenvalue weighted by Gasteiger charge is 2.38. The molecule has 1 aliphatic carbocycles. The van der Waals surface area contributed by atoms with Gasteiger partial charge in [0, 0.05) is 24.8 Å². The van der Waals surface area contributed by atoms with Crippen LogP contribution in [0.1, 0.15) is 38.2 Å². The molecule has 32 heavy (non-hydrogen) atoms. The van der Waals surface area contributed by atoms with Gasteiger partial charge in [-0.1, -0.05) is 6.07 Å². The molecular weight excluding hydrogens is 404 g/mol. The normalized spacial score (nSPS) is 21.5. The fourth-order valence-electron chi connectivity index (χ4n) is 4.60. The molecule has 0 bridgehead atoms. The molecule has 0 atom stereocenters. The third-order valence-corrected chi connectivity index (χ3v) is 6.52. The Hall–Kier alpha value is -2.93. The molecule has 1 aliphatic heterocycles. The fourth-order valence-corrected chi connectivity index (χ4v) is 4.60. The summed E-state index contributed by atoms with van der Waals surface area (Å²) >= 11 is 0. The molecule has 1 N–H and O–H groups in total. The van der Waals surface area contributed by atoms with Crippen LogP contribution < -0.4 is 4.90 Å². The van der Waals surface area contributed by atoms with Crippen molar-refractivity contribution in [2.24, 2.45) is 5.92 Å². The van der Waals surface area contributed by atoms with Gasteiger partial charge in [-0.3, -0.25) is 4.79 Å². The Morgan fingerprint density at radius 1 is 1.16 bits per heavy atom. The van der Waals surface area contributed by atoms with Crippen LogP contribution in [0.25, 0.3) is 22.4 Å². The molecule has 7 heteroatoms. The number of pyridine rings is 1. The van der Waals surface area contributed by atoms with Crippen molar-refractivity contribution >= 4 is 22.8 Å². The summed E-state index contributed by atoms with van der Waals surface area (Å²) in [6, 6.07) is 10.4. The summed E-state index contributed by atoms with van der Waals surface area (Å²) in [6.07, 6.45) is 5.91. The fraction of sp³-hybridized carbons (Fsp3) is 0.480. The maximum absolute atomic E-state index is 11.7. The number of esters is 1. The van der Waals surface area contributed by atoms with Gasteiger partial charge in [0.05, 0.1) is 35.8 Å². The number of fused-ring (bicyclic) bond motifs is 1. The molecule has 5 rings (SSSR count). The zero-order valence-corrected chi connectivity index (χ0v) is 18.7. The number of hydrogen-bond acceptors (Lipinski definition) is 6. The Balaban J connectivity index is 1.13. The molecule has 1 saturated carbocycles. The van der Waals surface area contributed by atoms with Gasteiger partial charge in [-0.15, -0.1) is 0 Å². The molecule has 2 aliphatic rings. The summed E-state index contributed by atoms with van der Waals surface area (Å²) in [5.74, 6) is 1.79. The first-order valence-corrected chi connectivity index (χ1v) is 11.6. The monoisotopic (exact) mass is 434 g/mol. The lowest BCUT2D eigenvalue weighted by Crippen LogP contribution is -2.43. The number of benzene rings is 1. The van der Waals surface area contributed by atoms with Crippen LogP contribution in [-0.2, 0) is 14.3 Å². The van der Waals surface area contributed by atoms with E-state index in [1.54, 1.807) is 0 Å². The number of ether oxygens (including phenoxy) is 2. The van der Waals surface area contributed by atoms with Gasteiger partial charge in [0.2, 0.25) is 0 Å². The van der Waals surface area contributed by atoms with E-state index in [9.17, 15) is 4.79 Å². The molecule has 1 aromatic carbocycles. The molecule has 1 saturated heterocycles. The van der Waals surface area contributed by atoms with Gasteiger partial charge in [0.15, 0.2) is 0 Å². The summed E-state index contributed by atoms with van der Waals surface area (Å²) in [6.45, 7) is 6.23. The SMILES string of the molecule is CCOC(=O)[C@H]1C[C@H](OC2CCN(c3ccc(-c4nc5ccc(C)cc5[nH]4)cn3)CC2)C1. The van der Waals surface area contributed by atoms with E-state index in [4.69, 9.17) is 14.5 Å². The van der Waals surface area contributed by atoms with Crippen molar-refractivity contribution in [1.29, 1.82) is 0 Å². The zero-order chi connectivity index (χ0) is 22.1. The number of hydrogen-bond donors (Lipinski definition) is 1.